The SMILES string of the molecule is CCCCCCCCCC#Cc1ccc(C2CCC([N+](C)(C)CCC)CC2)cc1.[I-]. The van der Waals surface area contributed by atoms with Crippen molar-refractivity contribution < 1.29 is 28.5 Å². The van der Waals surface area contributed by atoms with Gasteiger partial charge in [0.25, 0.3) is 0 Å². The van der Waals surface area contributed by atoms with E-state index in [1.54, 1.807) is 0 Å². The molecule has 0 aliphatic heterocycles. The largest absolute Gasteiger partial charge is 1.00 e. The summed E-state index contributed by atoms with van der Waals surface area (Å²) >= 11 is 0. The van der Waals surface area contributed by atoms with Gasteiger partial charge in [-0.2, -0.15) is 0 Å². The van der Waals surface area contributed by atoms with E-state index in [1.807, 2.05) is 0 Å². The normalized spacial score (nSPS) is 18.9. The zero-order chi connectivity index (χ0) is 21.0. The van der Waals surface area contributed by atoms with E-state index < -0.39 is 0 Å². The van der Waals surface area contributed by atoms with Gasteiger partial charge in [-0.1, -0.05) is 76.3 Å². The van der Waals surface area contributed by atoms with E-state index in [-0.39, 0.29) is 24.0 Å². The smallest absolute Gasteiger partial charge is 0.0886 e. The lowest BCUT2D eigenvalue weighted by Gasteiger charge is -2.41. The number of benzene rings is 1. The van der Waals surface area contributed by atoms with E-state index in [2.05, 4.69) is 64.0 Å². The Hall–Kier alpha value is -0.530. The summed E-state index contributed by atoms with van der Waals surface area (Å²) in [5.41, 5.74) is 2.72. The molecule has 0 amide bonds. The fraction of sp³-hybridized carbons (Fsp3) is 0.714. The van der Waals surface area contributed by atoms with Crippen LogP contribution in [0, 0.1) is 11.8 Å². The monoisotopic (exact) mass is 523 g/mol. The molecule has 1 nitrogen and oxygen atoms in total. The lowest BCUT2D eigenvalue weighted by Crippen LogP contribution is -3.00. The molecule has 2 rings (SSSR count). The van der Waals surface area contributed by atoms with Crippen LogP contribution in [-0.2, 0) is 0 Å². The molecular formula is C28H46IN. The fourth-order valence-corrected chi connectivity index (χ4v) is 5.04. The summed E-state index contributed by atoms with van der Waals surface area (Å²) in [6, 6.07) is 10.0. The Morgan fingerprint density at radius 3 is 2.00 bits per heavy atom. The van der Waals surface area contributed by atoms with Crippen molar-refractivity contribution in [2.45, 2.75) is 109 Å². The van der Waals surface area contributed by atoms with Gasteiger partial charge in [0.2, 0.25) is 0 Å². The maximum atomic E-state index is 3.39. The van der Waals surface area contributed by atoms with Crippen LogP contribution in [0.25, 0.3) is 0 Å². The molecule has 1 fully saturated rings. The van der Waals surface area contributed by atoms with Crippen molar-refractivity contribution in [2.75, 3.05) is 20.6 Å². The highest BCUT2D eigenvalue weighted by molar-refractivity contribution is 5.37. The first-order valence-corrected chi connectivity index (χ1v) is 12.5. The van der Waals surface area contributed by atoms with Crippen molar-refractivity contribution in [1.82, 2.24) is 0 Å². The van der Waals surface area contributed by atoms with E-state index in [0.29, 0.717) is 0 Å². The van der Waals surface area contributed by atoms with Gasteiger partial charge in [-0.25, -0.2) is 0 Å². The number of hydrogen-bond acceptors (Lipinski definition) is 0. The van der Waals surface area contributed by atoms with Gasteiger partial charge in [0.15, 0.2) is 0 Å². The highest BCUT2D eigenvalue weighted by Crippen LogP contribution is 2.36. The second-order valence-electron chi connectivity index (χ2n) is 9.80. The highest BCUT2D eigenvalue weighted by Gasteiger charge is 2.32. The van der Waals surface area contributed by atoms with Crippen molar-refractivity contribution >= 4 is 0 Å². The predicted octanol–water partition coefficient (Wildman–Crippen LogP) is 4.70. The molecule has 0 atom stereocenters. The van der Waals surface area contributed by atoms with Gasteiger partial charge < -0.3 is 28.5 Å². The molecule has 170 valence electrons. The Bertz CT molecular complexity index is 614. The molecule has 0 bridgehead atoms. The minimum atomic E-state index is 0. The standard InChI is InChI=1S/C28H46N.HI/c1-5-7-8-9-10-11-12-13-14-15-25-16-18-26(19-17-25)27-20-22-28(23-21-27)29(3,4)24-6-2;/h16-19,27-28H,5-13,20-24H2,1-4H3;1H/q+1;/p-1. The first kappa shape index (κ1) is 27.5. The zero-order valence-electron chi connectivity index (χ0n) is 20.2. The van der Waals surface area contributed by atoms with Gasteiger partial charge in [-0.05, 0) is 49.3 Å². The average Bonchev–Trinajstić information content (AvgIpc) is 2.73. The van der Waals surface area contributed by atoms with Crippen LogP contribution in [0.3, 0.4) is 0 Å². The third-order valence-electron chi connectivity index (χ3n) is 7.01. The van der Waals surface area contributed by atoms with Crippen molar-refractivity contribution in [3.05, 3.63) is 35.4 Å². The maximum absolute atomic E-state index is 3.39. The number of rotatable bonds is 11. The molecule has 0 unspecified atom stereocenters. The van der Waals surface area contributed by atoms with E-state index in [0.717, 1.165) is 18.4 Å². The van der Waals surface area contributed by atoms with Crippen LogP contribution in [0.15, 0.2) is 24.3 Å². The molecular weight excluding hydrogens is 477 g/mol. The minimum Gasteiger partial charge on any atom is -1.00 e. The Kier molecular flexibility index (Phi) is 14.0. The quantitative estimate of drug-likeness (QED) is 0.171. The van der Waals surface area contributed by atoms with Gasteiger partial charge in [-0.3, -0.25) is 0 Å². The van der Waals surface area contributed by atoms with Crippen molar-refractivity contribution in [1.29, 1.82) is 0 Å². The molecule has 1 saturated carbocycles. The lowest BCUT2D eigenvalue weighted by atomic mass is 9.80. The summed E-state index contributed by atoms with van der Waals surface area (Å²) in [6.07, 6.45) is 17.3. The van der Waals surface area contributed by atoms with Gasteiger partial charge in [0.1, 0.15) is 0 Å². The molecule has 1 aromatic carbocycles. The summed E-state index contributed by atoms with van der Waals surface area (Å²) in [4.78, 5) is 0. The number of unbranched alkanes of at least 4 members (excludes halogenated alkanes) is 7. The molecule has 2 heteroatoms. The Morgan fingerprint density at radius 1 is 0.800 bits per heavy atom. The van der Waals surface area contributed by atoms with Crippen LogP contribution in [0.2, 0.25) is 0 Å². The summed E-state index contributed by atoms with van der Waals surface area (Å²) in [5.74, 6) is 7.51. The van der Waals surface area contributed by atoms with E-state index >= 15 is 0 Å². The number of nitrogens with zero attached hydrogens (tertiary/aromatic N) is 1. The first-order chi connectivity index (χ1) is 14.1. The zero-order valence-corrected chi connectivity index (χ0v) is 22.3. The van der Waals surface area contributed by atoms with E-state index in [1.165, 1.54) is 99.2 Å². The Labute approximate surface area is 205 Å². The number of quaternary nitrogens is 1. The van der Waals surface area contributed by atoms with Crippen molar-refractivity contribution in [3.8, 4) is 11.8 Å². The average molecular weight is 524 g/mol. The van der Waals surface area contributed by atoms with Gasteiger partial charge in [-0.15, -0.1) is 0 Å². The van der Waals surface area contributed by atoms with Crippen LogP contribution < -0.4 is 24.0 Å². The molecule has 0 radical (unpaired) electrons. The molecule has 0 spiro atoms. The van der Waals surface area contributed by atoms with Gasteiger partial charge >= 0.3 is 0 Å². The summed E-state index contributed by atoms with van der Waals surface area (Å²) < 4.78 is 1.20. The first-order valence-electron chi connectivity index (χ1n) is 12.5. The fourth-order valence-electron chi connectivity index (χ4n) is 5.04. The molecule has 30 heavy (non-hydrogen) atoms. The van der Waals surface area contributed by atoms with Crippen LogP contribution in [0.4, 0.5) is 0 Å². The summed E-state index contributed by atoms with van der Waals surface area (Å²) in [6.45, 7) is 5.90. The second-order valence-corrected chi connectivity index (χ2v) is 9.80. The third kappa shape index (κ3) is 9.73. The number of halogens is 1. The Balaban J connectivity index is 0.00000450. The number of hydrogen-bond donors (Lipinski definition) is 0. The molecule has 1 aliphatic rings. The van der Waals surface area contributed by atoms with Crippen LogP contribution in [0.5, 0.6) is 0 Å². The summed E-state index contributed by atoms with van der Waals surface area (Å²) in [7, 11) is 4.85. The van der Waals surface area contributed by atoms with E-state index in [9.17, 15) is 0 Å². The topological polar surface area (TPSA) is 0 Å². The molecule has 0 saturated heterocycles. The van der Waals surface area contributed by atoms with Crippen molar-refractivity contribution in [2.24, 2.45) is 0 Å². The predicted molar refractivity (Wildman–Crippen MR) is 128 cm³/mol. The van der Waals surface area contributed by atoms with Crippen molar-refractivity contribution in [3.63, 3.8) is 0 Å². The van der Waals surface area contributed by atoms with E-state index in [4.69, 9.17) is 0 Å². The van der Waals surface area contributed by atoms with Gasteiger partial charge in [0, 0.05) is 24.8 Å². The molecule has 0 heterocycles. The van der Waals surface area contributed by atoms with Crippen LogP contribution in [0.1, 0.15) is 114 Å². The molecule has 0 N–H and O–H groups in total. The maximum Gasteiger partial charge on any atom is 0.0886 e. The Morgan fingerprint density at radius 2 is 1.40 bits per heavy atom. The molecule has 1 aliphatic carbocycles. The van der Waals surface area contributed by atoms with Crippen LogP contribution >= 0.6 is 0 Å². The molecule has 0 aromatic heterocycles. The second kappa shape index (κ2) is 15.3. The highest BCUT2D eigenvalue weighted by atomic mass is 127. The lowest BCUT2D eigenvalue weighted by molar-refractivity contribution is -0.916. The summed E-state index contributed by atoms with van der Waals surface area (Å²) in [5, 5.41) is 0. The minimum absolute atomic E-state index is 0. The van der Waals surface area contributed by atoms with Crippen LogP contribution in [-0.4, -0.2) is 31.2 Å². The third-order valence-corrected chi connectivity index (χ3v) is 7.01. The molecule has 1 aromatic rings. The van der Waals surface area contributed by atoms with Gasteiger partial charge in [0.05, 0.1) is 26.7 Å².